The van der Waals surface area contributed by atoms with E-state index in [1.807, 2.05) is 23.1 Å². The Morgan fingerprint density at radius 2 is 1.96 bits per heavy atom. The van der Waals surface area contributed by atoms with Gasteiger partial charge in [0.05, 0.1) is 18.6 Å². The molecule has 0 radical (unpaired) electrons. The van der Waals surface area contributed by atoms with Crippen molar-refractivity contribution in [3.8, 4) is 5.75 Å². The monoisotopic (exact) mass is 329 g/mol. The van der Waals surface area contributed by atoms with Gasteiger partial charge in [-0.3, -0.25) is 4.79 Å². The summed E-state index contributed by atoms with van der Waals surface area (Å²) in [4.78, 5) is 15.1. The van der Waals surface area contributed by atoms with Crippen molar-refractivity contribution >= 4 is 5.91 Å². The largest absolute Gasteiger partial charge is 0.493 e. The minimum absolute atomic E-state index is 0.0699. The molecule has 24 heavy (non-hydrogen) atoms. The lowest BCUT2D eigenvalue weighted by Gasteiger charge is -2.37. The van der Waals surface area contributed by atoms with Crippen molar-refractivity contribution in [2.24, 2.45) is 11.3 Å². The number of ether oxygens (including phenoxy) is 1. The molecule has 2 heterocycles. The molecule has 1 aromatic rings. The van der Waals surface area contributed by atoms with E-state index in [4.69, 9.17) is 4.74 Å². The Bertz CT molecular complexity index is 609. The van der Waals surface area contributed by atoms with E-state index < -0.39 is 0 Å². The zero-order valence-electron chi connectivity index (χ0n) is 14.2. The molecular weight excluding hydrogens is 302 g/mol. The third-order valence-electron chi connectivity index (χ3n) is 6.29. The zero-order valence-corrected chi connectivity index (χ0v) is 14.2. The second kappa shape index (κ2) is 6.40. The SMILES string of the molecule is O=C(C1CCCCCC1)N1C[C@@H]2c3ccccc3OC[C@]2(CO)C1. The van der Waals surface area contributed by atoms with E-state index >= 15 is 0 Å². The van der Waals surface area contributed by atoms with Gasteiger partial charge in [-0.05, 0) is 24.5 Å². The van der Waals surface area contributed by atoms with E-state index in [9.17, 15) is 9.90 Å². The first-order chi connectivity index (χ1) is 11.7. The fraction of sp³-hybridized carbons (Fsp3) is 0.650. The molecule has 0 bridgehead atoms. The maximum Gasteiger partial charge on any atom is 0.225 e. The van der Waals surface area contributed by atoms with Gasteiger partial charge in [0.1, 0.15) is 5.75 Å². The van der Waals surface area contributed by atoms with Crippen LogP contribution in [0.3, 0.4) is 0 Å². The number of nitrogens with zero attached hydrogens (tertiary/aromatic N) is 1. The first-order valence-corrected chi connectivity index (χ1v) is 9.35. The van der Waals surface area contributed by atoms with E-state index in [2.05, 4.69) is 6.07 Å². The summed E-state index contributed by atoms with van der Waals surface area (Å²) in [5.41, 5.74) is 0.809. The second-order valence-corrected chi connectivity index (χ2v) is 7.81. The number of carbonyl (C=O) groups is 1. The fourth-order valence-electron chi connectivity index (χ4n) is 4.82. The molecule has 1 saturated carbocycles. The highest BCUT2D eigenvalue weighted by Crippen LogP contribution is 2.49. The van der Waals surface area contributed by atoms with Gasteiger partial charge in [-0.15, -0.1) is 0 Å². The summed E-state index contributed by atoms with van der Waals surface area (Å²) in [6, 6.07) is 8.08. The molecule has 4 heteroatoms. The van der Waals surface area contributed by atoms with Crippen LogP contribution in [0.5, 0.6) is 5.75 Å². The number of para-hydroxylation sites is 1. The maximum absolute atomic E-state index is 13.1. The van der Waals surface area contributed by atoms with Crippen LogP contribution in [0.2, 0.25) is 0 Å². The predicted molar refractivity (Wildman–Crippen MR) is 92.0 cm³/mol. The Hall–Kier alpha value is -1.55. The van der Waals surface area contributed by atoms with Crippen LogP contribution in [-0.2, 0) is 4.79 Å². The van der Waals surface area contributed by atoms with Crippen LogP contribution in [0.1, 0.15) is 50.0 Å². The van der Waals surface area contributed by atoms with Crippen molar-refractivity contribution in [3.05, 3.63) is 29.8 Å². The smallest absolute Gasteiger partial charge is 0.225 e. The van der Waals surface area contributed by atoms with Crippen LogP contribution in [-0.4, -0.2) is 42.2 Å². The summed E-state index contributed by atoms with van der Waals surface area (Å²) in [7, 11) is 0. The van der Waals surface area contributed by atoms with Crippen molar-refractivity contribution in [3.63, 3.8) is 0 Å². The molecule has 1 aliphatic carbocycles. The van der Waals surface area contributed by atoms with E-state index in [-0.39, 0.29) is 23.9 Å². The molecule has 1 aromatic carbocycles. The molecule has 4 rings (SSSR count). The Morgan fingerprint density at radius 3 is 2.71 bits per heavy atom. The first kappa shape index (κ1) is 15.9. The number of likely N-dealkylation sites (tertiary alicyclic amines) is 1. The highest BCUT2D eigenvalue weighted by Gasteiger charge is 2.52. The average Bonchev–Trinajstić information content (AvgIpc) is 2.82. The molecule has 0 unspecified atom stereocenters. The summed E-state index contributed by atoms with van der Waals surface area (Å²) < 4.78 is 5.93. The zero-order chi connectivity index (χ0) is 16.6. The van der Waals surface area contributed by atoms with Crippen LogP contribution in [0.15, 0.2) is 24.3 Å². The van der Waals surface area contributed by atoms with E-state index in [0.717, 1.165) is 30.7 Å². The van der Waals surface area contributed by atoms with Gasteiger partial charge in [-0.1, -0.05) is 43.9 Å². The number of amides is 1. The van der Waals surface area contributed by atoms with Crippen molar-refractivity contribution in [1.82, 2.24) is 4.90 Å². The molecule has 4 nitrogen and oxygen atoms in total. The van der Waals surface area contributed by atoms with Gasteiger partial charge in [-0.2, -0.15) is 0 Å². The van der Waals surface area contributed by atoms with Gasteiger partial charge in [0.2, 0.25) is 5.91 Å². The lowest BCUT2D eigenvalue weighted by atomic mass is 9.74. The highest BCUT2D eigenvalue weighted by atomic mass is 16.5. The third-order valence-corrected chi connectivity index (χ3v) is 6.29. The average molecular weight is 329 g/mol. The maximum atomic E-state index is 13.1. The lowest BCUT2D eigenvalue weighted by molar-refractivity contribution is -0.135. The number of aliphatic hydroxyl groups excluding tert-OH is 1. The third kappa shape index (κ3) is 2.61. The van der Waals surface area contributed by atoms with Crippen LogP contribution in [0, 0.1) is 11.3 Å². The first-order valence-electron chi connectivity index (χ1n) is 9.35. The van der Waals surface area contributed by atoms with Crippen LogP contribution in [0.4, 0.5) is 0 Å². The number of benzene rings is 1. The van der Waals surface area contributed by atoms with Gasteiger partial charge >= 0.3 is 0 Å². The molecule has 2 fully saturated rings. The van der Waals surface area contributed by atoms with Gasteiger partial charge in [0.15, 0.2) is 0 Å². The quantitative estimate of drug-likeness (QED) is 0.849. The minimum atomic E-state index is -0.339. The van der Waals surface area contributed by atoms with E-state index in [0.29, 0.717) is 19.1 Å². The Morgan fingerprint density at radius 1 is 1.21 bits per heavy atom. The summed E-state index contributed by atoms with van der Waals surface area (Å²) in [5, 5.41) is 10.1. The summed E-state index contributed by atoms with van der Waals surface area (Å²) in [6.45, 7) is 1.91. The number of fused-ring (bicyclic) bond motifs is 3. The molecule has 1 saturated heterocycles. The highest BCUT2D eigenvalue weighted by molar-refractivity contribution is 5.79. The van der Waals surface area contributed by atoms with Crippen LogP contribution >= 0.6 is 0 Å². The van der Waals surface area contributed by atoms with Gasteiger partial charge in [0, 0.05) is 24.9 Å². The van der Waals surface area contributed by atoms with Crippen LogP contribution < -0.4 is 4.74 Å². The second-order valence-electron chi connectivity index (χ2n) is 7.81. The normalized spacial score (nSPS) is 30.2. The van der Waals surface area contributed by atoms with Crippen molar-refractivity contribution in [1.29, 1.82) is 0 Å². The minimum Gasteiger partial charge on any atom is -0.493 e. The van der Waals surface area contributed by atoms with Crippen molar-refractivity contribution < 1.29 is 14.6 Å². The number of rotatable bonds is 2. The lowest BCUT2D eigenvalue weighted by Crippen LogP contribution is -2.43. The topological polar surface area (TPSA) is 49.8 Å². The number of aliphatic hydroxyl groups is 1. The molecule has 1 N–H and O–H groups in total. The molecule has 130 valence electrons. The number of hydrogen-bond donors (Lipinski definition) is 1. The van der Waals surface area contributed by atoms with Gasteiger partial charge in [0.25, 0.3) is 0 Å². The standard InChI is InChI=1S/C20H27NO3/c22-13-20-12-21(19(23)15-7-3-1-2-4-8-15)11-17(20)16-9-5-6-10-18(16)24-14-20/h5-6,9-10,15,17,22H,1-4,7-8,11-14H2/t17-,20-/m1/s1. The number of carbonyl (C=O) groups excluding carboxylic acids is 1. The van der Waals surface area contributed by atoms with E-state index in [1.54, 1.807) is 0 Å². The van der Waals surface area contributed by atoms with Gasteiger partial charge < -0.3 is 14.7 Å². The Balaban J connectivity index is 1.57. The summed E-state index contributed by atoms with van der Waals surface area (Å²) >= 11 is 0. The van der Waals surface area contributed by atoms with Crippen LogP contribution in [0.25, 0.3) is 0 Å². The Kier molecular flexibility index (Phi) is 4.25. The molecule has 2 aliphatic heterocycles. The van der Waals surface area contributed by atoms with Gasteiger partial charge in [-0.25, -0.2) is 0 Å². The summed E-state index contributed by atoms with van der Waals surface area (Å²) in [5.74, 6) is 1.58. The molecular formula is C20H27NO3. The molecule has 0 spiro atoms. The molecule has 2 atom stereocenters. The molecule has 0 aromatic heterocycles. The van der Waals surface area contributed by atoms with Crippen molar-refractivity contribution in [2.75, 3.05) is 26.3 Å². The molecule has 3 aliphatic rings. The number of hydrogen-bond acceptors (Lipinski definition) is 3. The van der Waals surface area contributed by atoms with E-state index in [1.165, 1.54) is 25.7 Å². The van der Waals surface area contributed by atoms with Crippen molar-refractivity contribution in [2.45, 2.75) is 44.4 Å². The molecule has 1 amide bonds. The summed E-state index contributed by atoms with van der Waals surface area (Å²) in [6.07, 6.45) is 6.91. The predicted octanol–water partition coefficient (Wildman–Crippen LogP) is 2.95. The Labute approximate surface area is 143 Å². The fourth-order valence-corrected chi connectivity index (χ4v) is 4.82.